The van der Waals surface area contributed by atoms with Crippen LogP contribution in [0, 0.1) is 0 Å². The van der Waals surface area contributed by atoms with Crippen molar-refractivity contribution in [3.05, 3.63) is 64.3 Å². The molecular weight excluding hydrogens is 408 g/mol. The van der Waals surface area contributed by atoms with E-state index >= 15 is 0 Å². The SMILES string of the molecule is CN1CC[C@]23c4c5ccc(O)c4OC2c2nc4ccccc4c(C(=O)O)c2CC3(O)[C@H]1C5. The molecule has 4 aliphatic rings. The van der Waals surface area contributed by atoms with Gasteiger partial charge in [0, 0.05) is 23.4 Å². The second kappa shape index (κ2) is 5.60. The maximum atomic E-state index is 12.5. The van der Waals surface area contributed by atoms with Crippen molar-refractivity contribution in [2.75, 3.05) is 13.6 Å². The fourth-order valence-corrected chi connectivity index (χ4v) is 7.10. The number of likely N-dealkylation sites (N-methyl/N-ethyl adjacent to an activating group) is 1. The van der Waals surface area contributed by atoms with E-state index in [4.69, 9.17) is 9.72 Å². The monoisotopic (exact) mass is 430 g/mol. The van der Waals surface area contributed by atoms with Gasteiger partial charge in [-0.2, -0.15) is 0 Å². The molecule has 2 aliphatic carbocycles. The minimum absolute atomic E-state index is 0.0491. The van der Waals surface area contributed by atoms with Crippen molar-refractivity contribution < 1.29 is 24.9 Å². The number of aromatic nitrogens is 1. The van der Waals surface area contributed by atoms with Crippen molar-refractivity contribution in [3.63, 3.8) is 0 Å². The van der Waals surface area contributed by atoms with Gasteiger partial charge in [-0.15, -0.1) is 0 Å². The lowest BCUT2D eigenvalue weighted by Crippen LogP contribution is -2.74. The number of nitrogens with zero attached hydrogens (tertiary/aromatic N) is 2. The van der Waals surface area contributed by atoms with Crippen molar-refractivity contribution in [2.45, 2.75) is 42.4 Å². The summed E-state index contributed by atoms with van der Waals surface area (Å²) in [5.74, 6) is -0.575. The number of hydrogen-bond donors (Lipinski definition) is 3. The van der Waals surface area contributed by atoms with Crippen LogP contribution in [0.2, 0.25) is 0 Å². The number of carboxylic acids is 1. The fourth-order valence-electron chi connectivity index (χ4n) is 7.10. The molecule has 7 rings (SSSR count). The molecule has 7 heteroatoms. The topological polar surface area (TPSA) is 103 Å². The molecule has 2 aliphatic heterocycles. The normalized spacial score (nSPS) is 31.7. The van der Waals surface area contributed by atoms with Crippen molar-refractivity contribution in [1.29, 1.82) is 0 Å². The Labute approximate surface area is 183 Å². The summed E-state index contributed by atoms with van der Waals surface area (Å²) < 4.78 is 6.44. The van der Waals surface area contributed by atoms with E-state index in [0.717, 1.165) is 17.7 Å². The highest BCUT2D eigenvalue weighted by Gasteiger charge is 2.72. The van der Waals surface area contributed by atoms with E-state index in [0.29, 0.717) is 40.8 Å². The summed E-state index contributed by atoms with van der Waals surface area (Å²) in [6, 6.07) is 10.6. The van der Waals surface area contributed by atoms with Gasteiger partial charge in [0.15, 0.2) is 17.6 Å². The Morgan fingerprint density at radius 2 is 2.06 bits per heavy atom. The number of carbonyl (C=O) groups is 1. The molecule has 1 saturated heterocycles. The lowest BCUT2D eigenvalue weighted by atomic mass is 9.48. The molecule has 1 aromatic heterocycles. The van der Waals surface area contributed by atoms with E-state index in [1.54, 1.807) is 18.2 Å². The highest BCUT2D eigenvalue weighted by molar-refractivity contribution is 6.04. The van der Waals surface area contributed by atoms with Gasteiger partial charge in [-0.1, -0.05) is 24.3 Å². The van der Waals surface area contributed by atoms with E-state index in [-0.39, 0.29) is 23.8 Å². The number of likely N-dealkylation sites (tertiary alicyclic amines) is 1. The molecule has 32 heavy (non-hydrogen) atoms. The van der Waals surface area contributed by atoms with Crippen LogP contribution in [0.1, 0.15) is 45.3 Å². The first-order valence-electron chi connectivity index (χ1n) is 11.0. The average Bonchev–Trinajstić information content (AvgIpc) is 3.12. The Kier molecular flexibility index (Phi) is 3.22. The van der Waals surface area contributed by atoms with Crippen LogP contribution < -0.4 is 4.74 Å². The largest absolute Gasteiger partial charge is 0.504 e. The Bertz CT molecular complexity index is 1370. The standard InChI is InChI=1S/C25H22N2O5/c1-27-9-8-24-19-12-6-7-16(28)21(19)32-22(24)20-14(11-25(24,31)17(27)10-12)18(23(29)30)13-4-2-3-5-15(13)26-20/h2-7,17,22,28,31H,8-11H2,1H3,(H,29,30)/t17-,22?,24+,25?/m1/s1. The number of rotatable bonds is 1. The molecule has 0 radical (unpaired) electrons. The van der Waals surface area contributed by atoms with Crippen LogP contribution in [-0.4, -0.2) is 56.4 Å². The predicted molar refractivity (Wildman–Crippen MR) is 115 cm³/mol. The average molecular weight is 430 g/mol. The molecule has 2 bridgehead atoms. The lowest BCUT2D eigenvalue weighted by molar-refractivity contribution is -0.168. The third-order valence-electron chi connectivity index (χ3n) is 8.41. The maximum absolute atomic E-state index is 12.5. The van der Waals surface area contributed by atoms with Crippen molar-refractivity contribution in [1.82, 2.24) is 9.88 Å². The van der Waals surface area contributed by atoms with E-state index in [9.17, 15) is 20.1 Å². The summed E-state index contributed by atoms with van der Waals surface area (Å²) in [7, 11) is 2.01. The molecule has 1 fully saturated rings. The maximum Gasteiger partial charge on any atom is 0.336 e. The fraction of sp³-hybridized carbons (Fsp3) is 0.360. The molecule has 3 aromatic rings. The number of benzene rings is 2. The Morgan fingerprint density at radius 1 is 1.25 bits per heavy atom. The molecule has 3 heterocycles. The number of carboxylic acid groups (broad SMARTS) is 1. The van der Waals surface area contributed by atoms with Crippen LogP contribution >= 0.6 is 0 Å². The van der Waals surface area contributed by atoms with Crippen LogP contribution in [0.4, 0.5) is 0 Å². The molecular formula is C25H22N2O5. The molecule has 3 N–H and O–H groups in total. The first-order valence-corrected chi connectivity index (χ1v) is 11.0. The number of aliphatic hydroxyl groups is 1. The highest BCUT2D eigenvalue weighted by Crippen LogP contribution is 2.68. The second-order valence-electron chi connectivity index (χ2n) is 9.64. The Morgan fingerprint density at radius 3 is 2.88 bits per heavy atom. The molecule has 7 nitrogen and oxygen atoms in total. The van der Waals surface area contributed by atoms with E-state index in [2.05, 4.69) is 4.90 Å². The zero-order valence-electron chi connectivity index (χ0n) is 17.5. The van der Waals surface area contributed by atoms with Gasteiger partial charge < -0.3 is 25.0 Å². The van der Waals surface area contributed by atoms with Crippen molar-refractivity contribution >= 4 is 16.9 Å². The predicted octanol–water partition coefficient (Wildman–Crippen LogP) is 2.56. The number of pyridine rings is 1. The molecule has 2 unspecified atom stereocenters. The van der Waals surface area contributed by atoms with Crippen LogP contribution in [-0.2, 0) is 18.3 Å². The summed E-state index contributed by atoms with van der Waals surface area (Å²) in [5.41, 5.74) is 1.82. The number of piperidine rings is 1. The molecule has 2 aromatic carbocycles. The van der Waals surface area contributed by atoms with Gasteiger partial charge in [-0.25, -0.2) is 9.78 Å². The van der Waals surface area contributed by atoms with Crippen LogP contribution in [0.25, 0.3) is 10.9 Å². The summed E-state index contributed by atoms with van der Waals surface area (Å²) in [5, 5.41) is 33.9. The van der Waals surface area contributed by atoms with E-state index in [1.807, 2.05) is 25.2 Å². The molecule has 0 saturated carbocycles. The van der Waals surface area contributed by atoms with Crippen LogP contribution in [0.15, 0.2) is 36.4 Å². The van der Waals surface area contributed by atoms with Crippen LogP contribution in [0.3, 0.4) is 0 Å². The molecule has 4 atom stereocenters. The molecule has 162 valence electrons. The quantitative estimate of drug-likeness (QED) is 0.545. The summed E-state index contributed by atoms with van der Waals surface area (Å²) in [4.78, 5) is 19.5. The first kappa shape index (κ1) is 18.4. The third-order valence-corrected chi connectivity index (χ3v) is 8.41. The van der Waals surface area contributed by atoms with Gasteiger partial charge in [0.1, 0.15) is 0 Å². The van der Waals surface area contributed by atoms with E-state index < -0.39 is 23.1 Å². The highest BCUT2D eigenvalue weighted by atomic mass is 16.5. The number of phenols is 1. The van der Waals surface area contributed by atoms with Gasteiger partial charge in [0.05, 0.1) is 27.8 Å². The lowest BCUT2D eigenvalue weighted by Gasteiger charge is -2.62. The Balaban J connectivity index is 1.62. The number of fused-ring (bicyclic) bond motifs is 3. The van der Waals surface area contributed by atoms with Crippen molar-refractivity contribution in [2.24, 2.45) is 0 Å². The van der Waals surface area contributed by atoms with Gasteiger partial charge >= 0.3 is 5.97 Å². The van der Waals surface area contributed by atoms with Crippen LogP contribution in [0.5, 0.6) is 11.5 Å². The molecule has 0 amide bonds. The van der Waals surface area contributed by atoms with Gasteiger partial charge in [0.2, 0.25) is 0 Å². The number of aromatic carboxylic acids is 1. The van der Waals surface area contributed by atoms with Gasteiger partial charge in [0.25, 0.3) is 0 Å². The number of hydrogen-bond acceptors (Lipinski definition) is 6. The minimum Gasteiger partial charge on any atom is -0.504 e. The van der Waals surface area contributed by atoms with Crippen molar-refractivity contribution in [3.8, 4) is 11.5 Å². The Hall–Kier alpha value is -3.16. The molecule has 1 spiro atoms. The van der Waals surface area contributed by atoms with Gasteiger partial charge in [-0.05, 0) is 49.7 Å². The third kappa shape index (κ3) is 1.83. The zero-order valence-corrected chi connectivity index (χ0v) is 17.5. The number of para-hydroxylation sites is 1. The van der Waals surface area contributed by atoms with E-state index in [1.165, 1.54) is 0 Å². The second-order valence-corrected chi connectivity index (χ2v) is 9.64. The summed E-state index contributed by atoms with van der Waals surface area (Å²) in [6.45, 7) is 0.774. The first-order chi connectivity index (χ1) is 15.4. The number of phenolic OH excluding ortho intramolecular Hbond substituents is 1. The number of aromatic hydroxyl groups is 1. The minimum atomic E-state index is -1.24. The number of ether oxygens (including phenoxy) is 1. The summed E-state index contributed by atoms with van der Waals surface area (Å²) in [6.07, 6.45) is 0.788. The van der Waals surface area contributed by atoms with Gasteiger partial charge in [-0.3, -0.25) is 0 Å². The summed E-state index contributed by atoms with van der Waals surface area (Å²) >= 11 is 0. The smallest absolute Gasteiger partial charge is 0.336 e. The zero-order chi connectivity index (χ0) is 22.0.